The number of furan rings is 1. The molecule has 1 aromatic heterocycles. The zero-order valence-electron chi connectivity index (χ0n) is 16.5. The van der Waals surface area contributed by atoms with Crippen molar-refractivity contribution in [3.63, 3.8) is 0 Å². The van der Waals surface area contributed by atoms with Crippen LogP contribution < -0.4 is 4.74 Å². The first-order valence-corrected chi connectivity index (χ1v) is 11.5. The SMILES string of the molecule is Cc1ccc(Sc2ccc(/C=C3\SC(=O)N(CCOc4ccc(Cl)cc4)C3=O)o2)cc1. The molecule has 3 aromatic rings. The van der Waals surface area contributed by atoms with Gasteiger partial charge in [0.1, 0.15) is 18.1 Å². The maximum Gasteiger partial charge on any atom is 0.293 e. The highest BCUT2D eigenvalue weighted by Gasteiger charge is 2.35. The van der Waals surface area contributed by atoms with Crippen molar-refractivity contribution in [2.24, 2.45) is 0 Å². The van der Waals surface area contributed by atoms with Crippen LogP contribution in [0.25, 0.3) is 6.08 Å². The van der Waals surface area contributed by atoms with Crippen LogP contribution in [-0.4, -0.2) is 29.2 Å². The fourth-order valence-electron chi connectivity index (χ4n) is 2.80. The summed E-state index contributed by atoms with van der Waals surface area (Å²) in [6.45, 7) is 2.40. The average molecular weight is 472 g/mol. The van der Waals surface area contributed by atoms with Crippen LogP contribution in [0.2, 0.25) is 5.02 Å². The normalized spacial score (nSPS) is 15.2. The van der Waals surface area contributed by atoms with Gasteiger partial charge in [0.2, 0.25) is 0 Å². The van der Waals surface area contributed by atoms with Crippen LogP contribution >= 0.6 is 35.1 Å². The van der Waals surface area contributed by atoms with Gasteiger partial charge in [0.15, 0.2) is 5.09 Å². The van der Waals surface area contributed by atoms with E-state index in [1.165, 1.54) is 22.2 Å². The first-order valence-electron chi connectivity index (χ1n) is 9.46. The molecule has 2 aromatic carbocycles. The number of hydrogen-bond acceptors (Lipinski definition) is 6. The number of ether oxygens (including phenoxy) is 1. The summed E-state index contributed by atoms with van der Waals surface area (Å²) in [6, 6.07) is 18.7. The van der Waals surface area contributed by atoms with Crippen molar-refractivity contribution in [3.05, 3.63) is 81.9 Å². The zero-order valence-corrected chi connectivity index (χ0v) is 18.9. The second-order valence-corrected chi connectivity index (χ2v) is 9.22. The molecule has 0 saturated carbocycles. The van der Waals surface area contributed by atoms with Gasteiger partial charge in [0.25, 0.3) is 11.1 Å². The summed E-state index contributed by atoms with van der Waals surface area (Å²) in [7, 11) is 0. The monoisotopic (exact) mass is 471 g/mol. The topological polar surface area (TPSA) is 59.8 Å². The molecule has 4 rings (SSSR count). The minimum atomic E-state index is -0.348. The molecule has 1 saturated heterocycles. The van der Waals surface area contributed by atoms with Crippen molar-refractivity contribution in [2.75, 3.05) is 13.2 Å². The molecule has 1 aliphatic heterocycles. The van der Waals surface area contributed by atoms with Crippen molar-refractivity contribution >= 4 is 52.3 Å². The van der Waals surface area contributed by atoms with Crippen LogP contribution in [0.1, 0.15) is 11.3 Å². The second kappa shape index (κ2) is 9.68. The summed E-state index contributed by atoms with van der Waals surface area (Å²) < 4.78 is 11.4. The zero-order chi connectivity index (χ0) is 21.8. The molecule has 0 aliphatic carbocycles. The number of benzene rings is 2. The van der Waals surface area contributed by atoms with Gasteiger partial charge in [-0.1, -0.05) is 41.1 Å². The molecule has 0 spiro atoms. The number of aryl methyl sites for hydroxylation is 1. The third-order valence-electron chi connectivity index (χ3n) is 4.39. The van der Waals surface area contributed by atoms with E-state index in [0.717, 1.165) is 16.7 Å². The number of carbonyl (C=O) groups is 2. The number of nitrogens with zero attached hydrogens (tertiary/aromatic N) is 1. The lowest BCUT2D eigenvalue weighted by molar-refractivity contribution is -0.123. The van der Waals surface area contributed by atoms with Gasteiger partial charge in [-0.2, -0.15) is 0 Å². The van der Waals surface area contributed by atoms with E-state index in [9.17, 15) is 9.59 Å². The van der Waals surface area contributed by atoms with E-state index in [1.807, 2.05) is 37.3 Å². The molecule has 8 heteroatoms. The summed E-state index contributed by atoms with van der Waals surface area (Å²) in [4.78, 5) is 27.5. The summed E-state index contributed by atoms with van der Waals surface area (Å²) >= 11 is 8.24. The lowest BCUT2D eigenvalue weighted by Gasteiger charge is -2.13. The van der Waals surface area contributed by atoms with E-state index in [0.29, 0.717) is 26.5 Å². The first-order chi connectivity index (χ1) is 15.0. The molecule has 1 aliphatic rings. The Kier molecular flexibility index (Phi) is 6.75. The Bertz CT molecular complexity index is 1120. The van der Waals surface area contributed by atoms with E-state index < -0.39 is 0 Å². The number of hydrogen-bond donors (Lipinski definition) is 0. The smallest absolute Gasteiger partial charge is 0.293 e. The Morgan fingerprint density at radius 3 is 2.55 bits per heavy atom. The number of amides is 2. The molecule has 0 radical (unpaired) electrons. The van der Waals surface area contributed by atoms with Crippen LogP contribution in [0.3, 0.4) is 0 Å². The molecule has 0 unspecified atom stereocenters. The van der Waals surface area contributed by atoms with Crippen LogP contribution in [0.4, 0.5) is 4.79 Å². The molecule has 5 nitrogen and oxygen atoms in total. The Morgan fingerprint density at radius 1 is 1.06 bits per heavy atom. The van der Waals surface area contributed by atoms with Crippen LogP contribution in [0.5, 0.6) is 5.75 Å². The molecule has 158 valence electrons. The molecule has 0 N–H and O–H groups in total. The number of rotatable bonds is 7. The van der Waals surface area contributed by atoms with Gasteiger partial charge in [0.05, 0.1) is 11.4 Å². The van der Waals surface area contributed by atoms with Gasteiger partial charge in [-0.3, -0.25) is 14.5 Å². The summed E-state index contributed by atoms with van der Waals surface area (Å²) in [5.74, 6) is 0.803. The third kappa shape index (κ3) is 5.55. The minimum absolute atomic E-state index is 0.164. The Labute approximate surface area is 193 Å². The van der Waals surface area contributed by atoms with Gasteiger partial charge >= 0.3 is 0 Å². The maximum atomic E-state index is 12.6. The lowest BCUT2D eigenvalue weighted by atomic mass is 10.2. The first kappa shape index (κ1) is 21.6. The van der Waals surface area contributed by atoms with Crippen LogP contribution in [0, 0.1) is 6.92 Å². The van der Waals surface area contributed by atoms with E-state index in [4.69, 9.17) is 20.8 Å². The highest BCUT2D eigenvalue weighted by atomic mass is 35.5. The van der Waals surface area contributed by atoms with Crippen molar-refractivity contribution in [3.8, 4) is 5.75 Å². The minimum Gasteiger partial charge on any atom is -0.492 e. The summed E-state index contributed by atoms with van der Waals surface area (Å²) in [5.41, 5.74) is 1.19. The standard InChI is InChI=1S/C23H18ClNO4S2/c1-15-2-9-19(10-3-15)30-21-11-8-18(29-21)14-20-22(26)25(23(27)31-20)12-13-28-17-6-4-16(24)5-7-17/h2-11,14H,12-13H2,1H3/b20-14-. The van der Waals surface area contributed by atoms with Gasteiger partial charge in [-0.25, -0.2) is 0 Å². The largest absolute Gasteiger partial charge is 0.492 e. The van der Waals surface area contributed by atoms with Gasteiger partial charge < -0.3 is 9.15 Å². The van der Waals surface area contributed by atoms with Crippen molar-refractivity contribution in [1.82, 2.24) is 4.90 Å². The third-order valence-corrected chi connectivity index (χ3v) is 6.47. The van der Waals surface area contributed by atoms with Gasteiger partial charge in [-0.05, 0) is 67.2 Å². The van der Waals surface area contributed by atoms with Crippen molar-refractivity contribution in [1.29, 1.82) is 0 Å². The number of imide groups is 1. The predicted molar refractivity (Wildman–Crippen MR) is 124 cm³/mol. The van der Waals surface area contributed by atoms with Crippen LogP contribution in [-0.2, 0) is 4.79 Å². The molecule has 2 amide bonds. The van der Waals surface area contributed by atoms with Gasteiger partial charge in [0, 0.05) is 16.0 Å². The predicted octanol–water partition coefficient (Wildman–Crippen LogP) is 6.51. The second-order valence-electron chi connectivity index (χ2n) is 6.71. The fourth-order valence-corrected chi connectivity index (χ4v) is 4.55. The lowest BCUT2D eigenvalue weighted by Crippen LogP contribution is -2.32. The van der Waals surface area contributed by atoms with Crippen molar-refractivity contribution < 1.29 is 18.7 Å². The molecular formula is C23H18ClNO4S2. The Morgan fingerprint density at radius 2 is 1.81 bits per heavy atom. The molecule has 31 heavy (non-hydrogen) atoms. The molecule has 0 bridgehead atoms. The highest BCUT2D eigenvalue weighted by molar-refractivity contribution is 8.18. The molecule has 2 heterocycles. The van der Waals surface area contributed by atoms with E-state index in [2.05, 4.69) is 0 Å². The summed E-state index contributed by atoms with van der Waals surface area (Å²) in [6.07, 6.45) is 1.60. The van der Waals surface area contributed by atoms with E-state index >= 15 is 0 Å². The highest BCUT2D eigenvalue weighted by Crippen LogP contribution is 2.34. The van der Waals surface area contributed by atoms with Crippen LogP contribution in [0.15, 0.2) is 80.0 Å². The van der Waals surface area contributed by atoms with E-state index in [-0.39, 0.29) is 24.3 Å². The fraction of sp³-hybridized carbons (Fsp3) is 0.130. The number of halogens is 1. The van der Waals surface area contributed by atoms with Gasteiger partial charge in [-0.15, -0.1) is 0 Å². The Balaban J connectivity index is 1.36. The molecule has 1 fully saturated rings. The quantitative estimate of drug-likeness (QED) is 0.366. The van der Waals surface area contributed by atoms with E-state index in [1.54, 1.807) is 36.4 Å². The number of carbonyl (C=O) groups excluding carboxylic acids is 2. The maximum absolute atomic E-state index is 12.6. The Hall–Kier alpha value is -2.61. The molecular weight excluding hydrogens is 454 g/mol. The van der Waals surface area contributed by atoms with Crippen molar-refractivity contribution in [2.45, 2.75) is 16.9 Å². The average Bonchev–Trinajstić information content (AvgIpc) is 3.30. The summed E-state index contributed by atoms with van der Waals surface area (Å²) in [5, 5.41) is 1.00. The number of thioether (sulfide) groups is 1. The molecule has 0 atom stereocenters.